The lowest BCUT2D eigenvalue weighted by atomic mass is 10.2. The van der Waals surface area contributed by atoms with Gasteiger partial charge in [-0.25, -0.2) is 4.79 Å². The lowest BCUT2D eigenvalue weighted by molar-refractivity contribution is -0.132. The molecule has 0 aromatic heterocycles. The number of hydrogen-bond donors (Lipinski definition) is 2. The van der Waals surface area contributed by atoms with Gasteiger partial charge in [0.25, 0.3) is 0 Å². The number of carbonyl (C=O) groups is 2. The Morgan fingerprint density at radius 2 is 1.95 bits per heavy atom. The van der Waals surface area contributed by atoms with E-state index in [1.807, 2.05) is 0 Å². The molecule has 0 saturated carbocycles. The van der Waals surface area contributed by atoms with Crippen molar-refractivity contribution < 1.29 is 24.2 Å². The quantitative estimate of drug-likeness (QED) is 0.791. The van der Waals surface area contributed by atoms with Gasteiger partial charge in [0.05, 0.1) is 19.9 Å². The number of hydrogen-bond acceptors (Lipinski definition) is 4. The van der Waals surface area contributed by atoms with E-state index in [4.69, 9.17) is 14.6 Å². The van der Waals surface area contributed by atoms with Gasteiger partial charge < -0.3 is 19.9 Å². The normalized spacial score (nSPS) is 10.8. The predicted octanol–water partition coefficient (Wildman–Crippen LogP) is 1.67. The van der Waals surface area contributed by atoms with Crippen molar-refractivity contribution in [2.45, 2.75) is 6.92 Å². The van der Waals surface area contributed by atoms with Crippen molar-refractivity contribution in [2.75, 3.05) is 19.5 Å². The highest BCUT2D eigenvalue weighted by Crippen LogP contribution is 2.28. The summed E-state index contributed by atoms with van der Waals surface area (Å²) < 4.78 is 10.1. The molecule has 6 heteroatoms. The van der Waals surface area contributed by atoms with Crippen LogP contribution in [-0.4, -0.2) is 31.2 Å². The number of ether oxygens (including phenoxy) is 2. The Bertz CT molecular complexity index is 522. The van der Waals surface area contributed by atoms with Crippen molar-refractivity contribution >= 4 is 17.6 Å². The number of rotatable bonds is 5. The average Bonchev–Trinajstić information content (AvgIpc) is 2.38. The van der Waals surface area contributed by atoms with Gasteiger partial charge in [-0.1, -0.05) is 0 Å². The lowest BCUT2D eigenvalue weighted by Crippen LogP contribution is -2.11. The molecule has 0 aliphatic rings. The second kappa shape index (κ2) is 6.44. The molecule has 19 heavy (non-hydrogen) atoms. The van der Waals surface area contributed by atoms with E-state index in [1.54, 1.807) is 18.2 Å². The molecule has 0 radical (unpaired) electrons. The van der Waals surface area contributed by atoms with Crippen molar-refractivity contribution in [1.29, 1.82) is 0 Å². The monoisotopic (exact) mass is 265 g/mol. The van der Waals surface area contributed by atoms with Crippen molar-refractivity contribution in [3.63, 3.8) is 0 Å². The van der Waals surface area contributed by atoms with Gasteiger partial charge in [-0.05, 0) is 19.1 Å². The molecule has 0 spiro atoms. The maximum Gasteiger partial charge on any atom is 0.331 e. The first kappa shape index (κ1) is 14.6. The summed E-state index contributed by atoms with van der Waals surface area (Å²) in [5, 5.41) is 11.2. The van der Waals surface area contributed by atoms with Gasteiger partial charge in [0.15, 0.2) is 0 Å². The summed E-state index contributed by atoms with van der Waals surface area (Å²) in [6.07, 6.45) is 1.01. The molecule has 0 bridgehead atoms. The zero-order chi connectivity index (χ0) is 14.4. The first-order valence-corrected chi connectivity index (χ1v) is 5.42. The molecule has 0 heterocycles. The predicted molar refractivity (Wildman–Crippen MR) is 69.6 cm³/mol. The van der Waals surface area contributed by atoms with Crippen molar-refractivity contribution in [1.82, 2.24) is 0 Å². The third kappa shape index (κ3) is 4.02. The third-order valence-electron chi connectivity index (χ3n) is 2.35. The Hall–Kier alpha value is -2.50. The topological polar surface area (TPSA) is 84.9 Å². The Morgan fingerprint density at radius 3 is 2.47 bits per heavy atom. The van der Waals surface area contributed by atoms with Crippen molar-refractivity contribution in [3.05, 3.63) is 29.8 Å². The molecule has 0 aliphatic heterocycles. The minimum absolute atomic E-state index is 0.0509. The number of benzene rings is 1. The summed E-state index contributed by atoms with van der Waals surface area (Å²) in [7, 11) is 2.98. The van der Waals surface area contributed by atoms with Crippen LogP contribution in [0.5, 0.6) is 11.5 Å². The van der Waals surface area contributed by atoms with Gasteiger partial charge >= 0.3 is 5.97 Å². The van der Waals surface area contributed by atoms with Gasteiger partial charge in [-0.3, -0.25) is 4.79 Å². The minimum Gasteiger partial charge on any atom is -0.497 e. The zero-order valence-corrected chi connectivity index (χ0v) is 10.9. The second-order valence-electron chi connectivity index (χ2n) is 3.69. The molecule has 1 aromatic carbocycles. The molecular formula is C13H15NO5. The summed E-state index contributed by atoms with van der Waals surface area (Å²) in [4.78, 5) is 22.2. The molecule has 0 fully saturated rings. The molecule has 0 unspecified atom stereocenters. The van der Waals surface area contributed by atoms with Crippen LogP contribution in [0.15, 0.2) is 29.8 Å². The largest absolute Gasteiger partial charge is 0.497 e. The molecule has 0 saturated heterocycles. The average molecular weight is 265 g/mol. The highest BCUT2D eigenvalue weighted by molar-refractivity contribution is 6.04. The molecule has 0 atom stereocenters. The number of amides is 1. The van der Waals surface area contributed by atoms with Gasteiger partial charge in [0, 0.05) is 17.7 Å². The minimum atomic E-state index is -1.14. The molecule has 102 valence electrons. The van der Waals surface area contributed by atoms with Gasteiger partial charge in [0.1, 0.15) is 11.5 Å². The van der Waals surface area contributed by atoms with E-state index in [-0.39, 0.29) is 5.57 Å². The smallest absolute Gasteiger partial charge is 0.331 e. The van der Waals surface area contributed by atoms with Crippen LogP contribution in [0.2, 0.25) is 0 Å². The summed E-state index contributed by atoms with van der Waals surface area (Å²) in [5.41, 5.74) is 0.382. The molecule has 6 nitrogen and oxygen atoms in total. The molecule has 1 rings (SSSR count). The third-order valence-corrected chi connectivity index (χ3v) is 2.35. The number of aliphatic carboxylic acids is 1. The van der Waals surface area contributed by atoms with E-state index in [0.717, 1.165) is 6.08 Å². The molecular weight excluding hydrogens is 250 g/mol. The zero-order valence-electron chi connectivity index (χ0n) is 10.9. The summed E-state index contributed by atoms with van der Waals surface area (Å²) in [6.45, 7) is 1.34. The number of carbonyl (C=O) groups excluding carboxylic acids is 1. The summed E-state index contributed by atoms with van der Waals surface area (Å²) in [6, 6.07) is 4.88. The lowest BCUT2D eigenvalue weighted by Gasteiger charge is -2.10. The van der Waals surface area contributed by atoms with Crippen LogP contribution in [-0.2, 0) is 9.59 Å². The number of methoxy groups -OCH3 is 2. The Kier molecular flexibility index (Phi) is 4.93. The molecule has 1 amide bonds. The van der Waals surface area contributed by atoms with Crippen LogP contribution >= 0.6 is 0 Å². The van der Waals surface area contributed by atoms with Crippen LogP contribution in [0.25, 0.3) is 0 Å². The number of carboxylic acids is 1. The Morgan fingerprint density at radius 1 is 1.26 bits per heavy atom. The van der Waals surface area contributed by atoms with Crippen molar-refractivity contribution in [2.24, 2.45) is 0 Å². The van der Waals surface area contributed by atoms with Crippen LogP contribution in [0, 0.1) is 0 Å². The van der Waals surface area contributed by atoms with Gasteiger partial charge in [-0.15, -0.1) is 0 Å². The van der Waals surface area contributed by atoms with Crippen molar-refractivity contribution in [3.8, 4) is 11.5 Å². The first-order valence-electron chi connectivity index (χ1n) is 5.42. The SMILES string of the molecule is COc1ccc(NC(=O)/C=C(/C)C(=O)O)c(OC)c1. The number of anilines is 1. The maximum absolute atomic E-state index is 11.6. The van der Waals surface area contributed by atoms with E-state index in [2.05, 4.69) is 5.32 Å². The van der Waals surface area contributed by atoms with Crippen LogP contribution in [0.4, 0.5) is 5.69 Å². The first-order chi connectivity index (χ1) is 8.97. The second-order valence-corrected chi connectivity index (χ2v) is 3.69. The standard InChI is InChI=1S/C13H15NO5/c1-8(13(16)17)6-12(15)14-10-5-4-9(18-2)7-11(10)19-3/h4-7H,1-3H3,(H,14,15)(H,16,17)/b8-6-. The van der Waals surface area contributed by atoms with Crippen LogP contribution in [0.3, 0.4) is 0 Å². The van der Waals surface area contributed by atoms with E-state index in [9.17, 15) is 9.59 Å². The van der Waals surface area contributed by atoms with Gasteiger partial charge in [0.2, 0.25) is 5.91 Å². The fraction of sp³-hybridized carbons (Fsp3) is 0.231. The van der Waals surface area contributed by atoms with E-state index in [0.29, 0.717) is 17.2 Å². The number of nitrogens with one attached hydrogen (secondary N) is 1. The summed E-state index contributed by atoms with van der Waals surface area (Å²) in [5.74, 6) is -0.665. The van der Waals surface area contributed by atoms with Crippen LogP contribution in [0.1, 0.15) is 6.92 Å². The fourth-order valence-corrected chi connectivity index (χ4v) is 1.33. The van der Waals surface area contributed by atoms with E-state index >= 15 is 0 Å². The highest BCUT2D eigenvalue weighted by atomic mass is 16.5. The maximum atomic E-state index is 11.6. The fourth-order valence-electron chi connectivity index (χ4n) is 1.33. The highest BCUT2D eigenvalue weighted by Gasteiger charge is 2.09. The van der Waals surface area contributed by atoms with E-state index in [1.165, 1.54) is 21.1 Å². The van der Waals surface area contributed by atoms with Crippen LogP contribution < -0.4 is 14.8 Å². The Labute approximate surface area is 110 Å². The molecule has 2 N–H and O–H groups in total. The molecule has 1 aromatic rings. The van der Waals surface area contributed by atoms with Gasteiger partial charge in [-0.2, -0.15) is 0 Å². The number of carboxylic acid groups (broad SMARTS) is 1. The Balaban J connectivity index is 2.91. The van der Waals surface area contributed by atoms with E-state index < -0.39 is 11.9 Å². The molecule has 0 aliphatic carbocycles. The summed E-state index contributed by atoms with van der Waals surface area (Å²) >= 11 is 0.